The summed E-state index contributed by atoms with van der Waals surface area (Å²) < 4.78 is 3.86. The quantitative estimate of drug-likeness (QED) is 0.792. The van der Waals surface area contributed by atoms with Crippen LogP contribution in [-0.4, -0.2) is 24.3 Å². The Balaban J connectivity index is 1.67. The third kappa shape index (κ3) is 1.84. The van der Waals surface area contributed by atoms with Gasteiger partial charge in [0, 0.05) is 32.1 Å². The Hall–Kier alpha value is -2.37. The fourth-order valence-corrected chi connectivity index (χ4v) is 2.42. The summed E-state index contributed by atoms with van der Waals surface area (Å²) in [5, 5.41) is 7.88. The number of fused-ring (bicyclic) bond motifs is 1. The minimum absolute atomic E-state index is 0.657. The third-order valence-electron chi connectivity index (χ3n) is 3.76. The molecule has 0 spiro atoms. The molecule has 3 aromatic heterocycles. The highest BCUT2D eigenvalue weighted by molar-refractivity contribution is 5.78. The lowest BCUT2D eigenvalue weighted by Gasteiger charge is -2.05. The van der Waals surface area contributed by atoms with Crippen LogP contribution in [0.3, 0.4) is 0 Å². The second kappa shape index (κ2) is 4.06. The van der Waals surface area contributed by atoms with Crippen molar-refractivity contribution >= 4 is 22.7 Å². The van der Waals surface area contributed by atoms with Crippen molar-refractivity contribution in [2.45, 2.75) is 18.8 Å². The minimum Gasteiger partial charge on any atom is -0.334 e. The monoisotopic (exact) mass is 268 g/mol. The van der Waals surface area contributed by atoms with Gasteiger partial charge in [-0.1, -0.05) is 0 Å². The standard InChI is InChI=1S/C14H16N6/c1-19-8-16-11-7-15-13(6-12(11)19)17-14-5-10(9-3-4-9)18-20(14)2/h5-9H,3-4H2,1-2H3,(H,15,17). The molecule has 0 unspecified atom stereocenters. The molecule has 1 fully saturated rings. The zero-order valence-electron chi connectivity index (χ0n) is 11.5. The van der Waals surface area contributed by atoms with Gasteiger partial charge in [0.1, 0.15) is 17.2 Å². The van der Waals surface area contributed by atoms with Crippen molar-refractivity contribution < 1.29 is 0 Å². The van der Waals surface area contributed by atoms with E-state index in [2.05, 4.69) is 26.4 Å². The lowest BCUT2D eigenvalue weighted by Crippen LogP contribution is -2.00. The van der Waals surface area contributed by atoms with Crippen molar-refractivity contribution in [3.63, 3.8) is 0 Å². The predicted octanol–water partition coefficient (Wildman–Crippen LogP) is 2.32. The summed E-state index contributed by atoms with van der Waals surface area (Å²) in [4.78, 5) is 8.67. The molecule has 6 heteroatoms. The number of aryl methyl sites for hydroxylation is 2. The summed E-state index contributed by atoms with van der Waals surface area (Å²) in [7, 11) is 3.94. The Morgan fingerprint density at radius 1 is 1.20 bits per heavy atom. The zero-order chi connectivity index (χ0) is 13.7. The van der Waals surface area contributed by atoms with Gasteiger partial charge in [0.15, 0.2) is 0 Å². The number of anilines is 2. The van der Waals surface area contributed by atoms with Crippen LogP contribution in [0.2, 0.25) is 0 Å². The van der Waals surface area contributed by atoms with Crippen molar-refractivity contribution in [3.05, 3.63) is 30.4 Å². The molecule has 6 nitrogen and oxygen atoms in total. The van der Waals surface area contributed by atoms with Gasteiger partial charge >= 0.3 is 0 Å². The number of aromatic nitrogens is 5. The van der Waals surface area contributed by atoms with Gasteiger partial charge in [-0.05, 0) is 12.8 Å². The number of rotatable bonds is 3. The average Bonchev–Trinajstić information content (AvgIpc) is 3.15. The number of pyridine rings is 1. The van der Waals surface area contributed by atoms with Crippen molar-refractivity contribution in [1.82, 2.24) is 24.3 Å². The highest BCUT2D eigenvalue weighted by Gasteiger charge is 2.26. The first-order chi connectivity index (χ1) is 9.70. The highest BCUT2D eigenvalue weighted by Crippen LogP contribution is 2.40. The molecule has 102 valence electrons. The molecule has 1 aliphatic rings. The van der Waals surface area contributed by atoms with Crippen LogP contribution in [0.25, 0.3) is 11.0 Å². The van der Waals surface area contributed by atoms with E-state index in [9.17, 15) is 0 Å². The smallest absolute Gasteiger partial charge is 0.133 e. The van der Waals surface area contributed by atoms with E-state index < -0.39 is 0 Å². The molecule has 1 N–H and O–H groups in total. The van der Waals surface area contributed by atoms with E-state index in [0.29, 0.717) is 5.92 Å². The maximum Gasteiger partial charge on any atom is 0.133 e. The van der Waals surface area contributed by atoms with Crippen molar-refractivity contribution in [3.8, 4) is 0 Å². The van der Waals surface area contributed by atoms with Gasteiger partial charge in [0.05, 0.1) is 23.7 Å². The Bertz CT molecular complexity index is 780. The lowest BCUT2D eigenvalue weighted by atomic mass is 10.3. The molecule has 0 aliphatic heterocycles. The van der Waals surface area contributed by atoms with Crippen molar-refractivity contribution in [2.24, 2.45) is 14.1 Å². The van der Waals surface area contributed by atoms with Crippen molar-refractivity contribution in [1.29, 1.82) is 0 Å². The van der Waals surface area contributed by atoms with E-state index in [0.717, 1.165) is 22.7 Å². The largest absolute Gasteiger partial charge is 0.334 e. The second-order valence-electron chi connectivity index (χ2n) is 5.39. The van der Waals surface area contributed by atoms with E-state index in [4.69, 9.17) is 0 Å². The van der Waals surface area contributed by atoms with Gasteiger partial charge in [0.25, 0.3) is 0 Å². The van der Waals surface area contributed by atoms with Crippen LogP contribution >= 0.6 is 0 Å². The van der Waals surface area contributed by atoms with Crippen LogP contribution in [0, 0.1) is 0 Å². The fraction of sp³-hybridized carbons (Fsp3) is 0.357. The van der Waals surface area contributed by atoms with Gasteiger partial charge in [-0.25, -0.2) is 9.97 Å². The molecular weight excluding hydrogens is 252 g/mol. The molecule has 0 amide bonds. The van der Waals surface area contributed by atoms with Crippen LogP contribution in [0.4, 0.5) is 11.6 Å². The van der Waals surface area contributed by atoms with E-state index in [1.54, 1.807) is 12.5 Å². The summed E-state index contributed by atoms with van der Waals surface area (Å²) in [5.74, 6) is 2.44. The first-order valence-corrected chi connectivity index (χ1v) is 6.79. The van der Waals surface area contributed by atoms with Crippen LogP contribution in [0.15, 0.2) is 24.7 Å². The molecule has 0 bridgehead atoms. The van der Waals surface area contributed by atoms with Gasteiger partial charge in [-0.3, -0.25) is 4.68 Å². The van der Waals surface area contributed by atoms with E-state index in [1.165, 1.54) is 18.5 Å². The molecule has 1 aliphatic carbocycles. The van der Waals surface area contributed by atoms with Crippen LogP contribution < -0.4 is 5.32 Å². The Labute approximate surface area is 116 Å². The minimum atomic E-state index is 0.657. The number of hydrogen-bond acceptors (Lipinski definition) is 4. The molecule has 4 rings (SSSR count). The molecule has 3 aromatic rings. The first kappa shape index (κ1) is 11.5. The lowest BCUT2D eigenvalue weighted by molar-refractivity contribution is 0.751. The molecule has 20 heavy (non-hydrogen) atoms. The van der Waals surface area contributed by atoms with E-state index in [-0.39, 0.29) is 0 Å². The van der Waals surface area contributed by atoms with Gasteiger partial charge in [-0.15, -0.1) is 0 Å². The number of hydrogen-bond donors (Lipinski definition) is 1. The third-order valence-corrected chi connectivity index (χ3v) is 3.76. The first-order valence-electron chi connectivity index (χ1n) is 6.79. The molecular formula is C14H16N6. The second-order valence-corrected chi connectivity index (χ2v) is 5.39. The van der Waals surface area contributed by atoms with E-state index >= 15 is 0 Å². The SMILES string of the molecule is Cn1nc(C2CC2)cc1Nc1cc2c(cn1)ncn2C. The van der Waals surface area contributed by atoms with Crippen LogP contribution in [0.5, 0.6) is 0 Å². The number of imidazole rings is 1. The predicted molar refractivity (Wildman–Crippen MR) is 77.0 cm³/mol. The summed E-state index contributed by atoms with van der Waals surface area (Å²) >= 11 is 0. The molecule has 0 atom stereocenters. The molecule has 0 aromatic carbocycles. The summed E-state index contributed by atoms with van der Waals surface area (Å²) in [6.45, 7) is 0. The van der Waals surface area contributed by atoms with E-state index in [1.807, 2.05) is 29.4 Å². The molecule has 3 heterocycles. The normalized spacial score (nSPS) is 14.9. The maximum atomic E-state index is 4.55. The fourth-order valence-electron chi connectivity index (χ4n) is 2.42. The average molecular weight is 268 g/mol. The summed E-state index contributed by atoms with van der Waals surface area (Å²) in [6.07, 6.45) is 6.10. The van der Waals surface area contributed by atoms with Gasteiger partial charge < -0.3 is 9.88 Å². The number of nitrogens with zero attached hydrogens (tertiary/aromatic N) is 5. The van der Waals surface area contributed by atoms with Gasteiger partial charge in [0.2, 0.25) is 0 Å². The topological polar surface area (TPSA) is 60.6 Å². The Kier molecular flexibility index (Phi) is 2.33. The Morgan fingerprint density at radius 2 is 2.05 bits per heavy atom. The molecule has 0 saturated heterocycles. The summed E-state index contributed by atoms with van der Waals surface area (Å²) in [6, 6.07) is 4.12. The van der Waals surface area contributed by atoms with Gasteiger partial charge in [-0.2, -0.15) is 5.10 Å². The van der Waals surface area contributed by atoms with Crippen molar-refractivity contribution in [2.75, 3.05) is 5.32 Å². The molecule has 1 saturated carbocycles. The van der Waals surface area contributed by atoms with Crippen LogP contribution in [-0.2, 0) is 14.1 Å². The maximum absolute atomic E-state index is 4.55. The van der Waals surface area contributed by atoms with Crippen LogP contribution in [0.1, 0.15) is 24.5 Å². The summed E-state index contributed by atoms with van der Waals surface area (Å²) in [5.41, 5.74) is 3.14. The zero-order valence-corrected chi connectivity index (χ0v) is 11.5. The Morgan fingerprint density at radius 3 is 2.85 bits per heavy atom. The number of nitrogens with one attached hydrogen (secondary N) is 1. The highest BCUT2D eigenvalue weighted by atomic mass is 15.3. The molecule has 0 radical (unpaired) electrons.